The molecule has 0 spiro atoms. The number of hydrogen-bond acceptors (Lipinski definition) is 3. The van der Waals surface area contributed by atoms with Gasteiger partial charge in [-0.15, -0.1) is 0 Å². The number of rotatable bonds is 5. The molecule has 94 valence electrons. The van der Waals surface area contributed by atoms with Crippen LogP contribution in [0.25, 0.3) is 0 Å². The number of amides is 1. The molecule has 6 heteroatoms. The molecule has 1 amide bonds. The number of aliphatic hydroxyl groups is 1. The van der Waals surface area contributed by atoms with Crippen molar-refractivity contribution >= 4 is 29.1 Å². The number of ether oxygens (including phenoxy) is 1. The van der Waals surface area contributed by atoms with Crippen molar-refractivity contribution < 1.29 is 14.6 Å². The largest absolute Gasteiger partial charge is 0.482 e. The summed E-state index contributed by atoms with van der Waals surface area (Å²) in [5.41, 5.74) is 0. The van der Waals surface area contributed by atoms with Gasteiger partial charge in [0.25, 0.3) is 5.91 Å². The molecule has 0 saturated carbocycles. The Morgan fingerprint density at radius 2 is 2.24 bits per heavy atom. The van der Waals surface area contributed by atoms with Crippen molar-refractivity contribution in [2.24, 2.45) is 0 Å². The Labute approximate surface area is 109 Å². The molecule has 1 aromatic rings. The van der Waals surface area contributed by atoms with Gasteiger partial charge in [0.2, 0.25) is 0 Å². The monoisotopic (exact) mass is 277 g/mol. The topological polar surface area (TPSA) is 58.6 Å². The van der Waals surface area contributed by atoms with E-state index in [4.69, 9.17) is 33.0 Å². The van der Waals surface area contributed by atoms with Crippen LogP contribution in [0.4, 0.5) is 0 Å². The maximum absolute atomic E-state index is 11.3. The molecule has 0 aliphatic heterocycles. The fourth-order valence-electron chi connectivity index (χ4n) is 1.04. The van der Waals surface area contributed by atoms with Crippen LogP contribution < -0.4 is 10.1 Å². The first-order valence-corrected chi connectivity index (χ1v) is 5.77. The van der Waals surface area contributed by atoms with E-state index in [1.165, 1.54) is 6.07 Å². The molecule has 1 atom stereocenters. The lowest BCUT2D eigenvalue weighted by molar-refractivity contribution is -0.123. The van der Waals surface area contributed by atoms with E-state index in [2.05, 4.69) is 5.32 Å². The minimum atomic E-state index is -0.589. The third-order valence-electron chi connectivity index (χ3n) is 1.85. The molecule has 0 aliphatic carbocycles. The van der Waals surface area contributed by atoms with E-state index in [0.29, 0.717) is 15.8 Å². The predicted molar refractivity (Wildman–Crippen MR) is 66.6 cm³/mol. The van der Waals surface area contributed by atoms with Gasteiger partial charge in [-0.3, -0.25) is 4.79 Å². The van der Waals surface area contributed by atoms with Gasteiger partial charge in [-0.25, -0.2) is 0 Å². The Balaban J connectivity index is 2.44. The van der Waals surface area contributed by atoms with Crippen molar-refractivity contribution in [3.63, 3.8) is 0 Å². The molecular weight excluding hydrogens is 265 g/mol. The molecule has 0 bridgehead atoms. The Morgan fingerprint density at radius 1 is 1.53 bits per heavy atom. The summed E-state index contributed by atoms with van der Waals surface area (Å²) in [4.78, 5) is 11.3. The number of hydrogen-bond donors (Lipinski definition) is 2. The lowest BCUT2D eigenvalue weighted by Crippen LogP contribution is -2.34. The summed E-state index contributed by atoms with van der Waals surface area (Å²) in [6, 6.07) is 4.75. The molecule has 0 fully saturated rings. The van der Waals surface area contributed by atoms with Crippen LogP contribution in [0.3, 0.4) is 0 Å². The summed E-state index contributed by atoms with van der Waals surface area (Å²) in [7, 11) is 0. The van der Waals surface area contributed by atoms with Crippen molar-refractivity contribution in [3.05, 3.63) is 28.2 Å². The van der Waals surface area contributed by atoms with Crippen LogP contribution in [-0.4, -0.2) is 30.3 Å². The molecule has 0 heterocycles. The first-order chi connectivity index (χ1) is 7.99. The van der Waals surface area contributed by atoms with Gasteiger partial charge in [-0.1, -0.05) is 23.2 Å². The van der Waals surface area contributed by atoms with Crippen molar-refractivity contribution in [2.45, 2.75) is 13.0 Å². The Morgan fingerprint density at radius 3 is 2.88 bits per heavy atom. The van der Waals surface area contributed by atoms with E-state index in [0.717, 1.165) is 0 Å². The number of carbonyl (C=O) groups is 1. The first kappa shape index (κ1) is 14.1. The van der Waals surface area contributed by atoms with Gasteiger partial charge in [0.05, 0.1) is 11.1 Å². The number of carbonyl (C=O) groups excluding carboxylic acids is 1. The lowest BCUT2D eigenvalue weighted by atomic mass is 10.3. The summed E-state index contributed by atoms with van der Waals surface area (Å²) in [6.45, 7) is 1.59. The van der Waals surface area contributed by atoms with Crippen LogP contribution in [0.15, 0.2) is 18.2 Å². The summed E-state index contributed by atoms with van der Waals surface area (Å²) in [5.74, 6) is 0.0216. The molecule has 0 aliphatic rings. The van der Waals surface area contributed by atoms with E-state index in [9.17, 15) is 4.79 Å². The summed E-state index contributed by atoms with van der Waals surface area (Å²) in [5, 5.41) is 12.3. The zero-order chi connectivity index (χ0) is 12.8. The molecule has 0 radical (unpaired) electrons. The average Bonchev–Trinajstić information content (AvgIpc) is 2.27. The van der Waals surface area contributed by atoms with E-state index in [1.54, 1.807) is 19.1 Å². The van der Waals surface area contributed by atoms with E-state index in [1.807, 2.05) is 0 Å². The highest BCUT2D eigenvalue weighted by Gasteiger charge is 2.07. The standard InChI is InChI=1S/C11H13Cl2NO3/c1-7(15)5-14-11(16)6-17-10-4-8(12)2-3-9(10)13/h2-4,7,15H,5-6H2,1H3,(H,14,16)/t7-/m0/s1. The van der Waals surface area contributed by atoms with Gasteiger partial charge >= 0.3 is 0 Å². The number of aliphatic hydroxyl groups excluding tert-OH is 1. The zero-order valence-electron chi connectivity index (χ0n) is 9.24. The summed E-state index contributed by atoms with van der Waals surface area (Å²) >= 11 is 11.6. The third kappa shape index (κ3) is 5.26. The Hall–Kier alpha value is -0.970. The van der Waals surface area contributed by atoms with Crippen molar-refractivity contribution in [2.75, 3.05) is 13.2 Å². The van der Waals surface area contributed by atoms with Crippen LogP contribution in [0.5, 0.6) is 5.75 Å². The van der Waals surface area contributed by atoms with Gasteiger partial charge < -0.3 is 15.2 Å². The highest BCUT2D eigenvalue weighted by atomic mass is 35.5. The molecule has 2 N–H and O–H groups in total. The van der Waals surface area contributed by atoms with Crippen LogP contribution in [0.1, 0.15) is 6.92 Å². The lowest BCUT2D eigenvalue weighted by Gasteiger charge is -2.09. The van der Waals surface area contributed by atoms with Gasteiger partial charge in [0.15, 0.2) is 6.61 Å². The first-order valence-electron chi connectivity index (χ1n) is 5.01. The molecule has 0 unspecified atom stereocenters. The molecule has 1 aromatic carbocycles. The molecule has 0 aromatic heterocycles. The Kier molecular flexibility index (Phi) is 5.55. The normalized spacial score (nSPS) is 12.0. The van der Waals surface area contributed by atoms with E-state index in [-0.39, 0.29) is 19.1 Å². The second-order valence-electron chi connectivity index (χ2n) is 3.52. The average molecular weight is 278 g/mol. The number of nitrogens with one attached hydrogen (secondary N) is 1. The highest BCUT2D eigenvalue weighted by Crippen LogP contribution is 2.27. The van der Waals surface area contributed by atoms with E-state index < -0.39 is 6.10 Å². The van der Waals surface area contributed by atoms with Crippen LogP contribution in [0, 0.1) is 0 Å². The van der Waals surface area contributed by atoms with Gasteiger partial charge in [0, 0.05) is 17.6 Å². The number of halogens is 2. The van der Waals surface area contributed by atoms with Crippen LogP contribution in [0.2, 0.25) is 10.0 Å². The minimum absolute atomic E-state index is 0.174. The fourth-order valence-corrected chi connectivity index (χ4v) is 1.38. The second-order valence-corrected chi connectivity index (χ2v) is 4.36. The number of benzene rings is 1. The van der Waals surface area contributed by atoms with Gasteiger partial charge in [0.1, 0.15) is 5.75 Å². The smallest absolute Gasteiger partial charge is 0.258 e. The summed E-state index contributed by atoms with van der Waals surface area (Å²) < 4.78 is 5.20. The van der Waals surface area contributed by atoms with Crippen molar-refractivity contribution in [3.8, 4) is 5.75 Å². The van der Waals surface area contributed by atoms with Gasteiger partial charge in [-0.05, 0) is 19.1 Å². The zero-order valence-corrected chi connectivity index (χ0v) is 10.8. The molecule has 1 rings (SSSR count). The Bertz CT molecular complexity index is 396. The SMILES string of the molecule is C[C@H](O)CNC(=O)COc1cc(Cl)ccc1Cl. The summed E-state index contributed by atoms with van der Waals surface area (Å²) in [6.07, 6.45) is -0.589. The van der Waals surface area contributed by atoms with Gasteiger partial charge in [-0.2, -0.15) is 0 Å². The van der Waals surface area contributed by atoms with Crippen molar-refractivity contribution in [1.82, 2.24) is 5.32 Å². The molecule has 17 heavy (non-hydrogen) atoms. The van der Waals surface area contributed by atoms with E-state index >= 15 is 0 Å². The minimum Gasteiger partial charge on any atom is -0.482 e. The second kappa shape index (κ2) is 6.69. The molecule has 0 saturated heterocycles. The maximum atomic E-state index is 11.3. The van der Waals surface area contributed by atoms with Crippen LogP contribution in [-0.2, 0) is 4.79 Å². The fraction of sp³-hybridized carbons (Fsp3) is 0.364. The van der Waals surface area contributed by atoms with Crippen molar-refractivity contribution in [1.29, 1.82) is 0 Å². The van der Waals surface area contributed by atoms with Crippen LogP contribution >= 0.6 is 23.2 Å². The highest BCUT2D eigenvalue weighted by molar-refractivity contribution is 6.34. The third-order valence-corrected chi connectivity index (χ3v) is 2.39. The quantitative estimate of drug-likeness (QED) is 0.864. The molecular formula is C11H13Cl2NO3. The maximum Gasteiger partial charge on any atom is 0.258 e. The molecule has 4 nitrogen and oxygen atoms in total. The predicted octanol–water partition coefficient (Wildman–Crippen LogP) is 1.87.